The Balaban J connectivity index is 2.21. The maximum Gasteiger partial charge on any atom is 0.147 e. The van der Waals surface area contributed by atoms with E-state index in [0.717, 1.165) is 23.0 Å². The lowest BCUT2D eigenvalue weighted by atomic mass is 10.0. The Morgan fingerprint density at radius 1 is 1.25 bits per heavy atom. The molecule has 0 radical (unpaired) electrons. The van der Waals surface area contributed by atoms with Gasteiger partial charge in [0.1, 0.15) is 9.84 Å². The summed E-state index contributed by atoms with van der Waals surface area (Å²) < 4.78 is 22.4. The Morgan fingerprint density at radius 3 is 2.70 bits per heavy atom. The molecule has 1 atom stereocenters. The molecular formula is C14H19N3O2S. The fourth-order valence-corrected chi connectivity index (χ4v) is 2.99. The monoisotopic (exact) mass is 293 g/mol. The van der Waals surface area contributed by atoms with E-state index in [2.05, 4.69) is 15.3 Å². The second-order valence-corrected chi connectivity index (χ2v) is 7.14. The Kier molecular flexibility index (Phi) is 4.67. The van der Waals surface area contributed by atoms with E-state index in [1.54, 1.807) is 12.4 Å². The van der Waals surface area contributed by atoms with Gasteiger partial charge in [0.15, 0.2) is 0 Å². The van der Waals surface area contributed by atoms with Gasteiger partial charge in [-0.3, -0.25) is 9.97 Å². The Morgan fingerprint density at radius 2 is 2.00 bits per heavy atom. The summed E-state index contributed by atoms with van der Waals surface area (Å²) in [5.74, 6) is 0.210. The fourth-order valence-electron chi connectivity index (χ4n) is 2.30. The van der Waals surface area contributed by atoms with Gasteiger partial charge in [0.2, 0.25) is 0 Å². The van der Waals surface area contributed by atoms with Crippen molar-refractivity contribution in [1.82, 2.24) is 15.3 Å². The minimum absolute atomic E-state index is 0.0807. The number of sulfone groups is 1. The highest BCUT2D eigenvalue weighted by Crippen LogP contribution is 2.24. The third-order valence-corrected chi connectivity index (χ3v) is 4.29. The number of aromatic nitrogens is 2. The number of hydrogen-bond donors (Lipinski definition) is 1. The predicted molar refractivity (Wildman–Crippen MR) is 80.3 cm³/mol. The van der Waals surface area contributed by atoms with Crippen LogP contribution >= 0.6 is 0 Å². The van der Waals surface area contributed by atoms with E-state index in [1.165, 1.54) is 6.26 Å². The third kappa shape index (κ3) is 3.74. The molecule has 0 saturated carbocycles. The van der Waals surface area contributed by atoms with Crippen molar-refractivity contribution in [2.45, 2.75) is 18.9 Å². The first-order chi connectivity index (χ1) is 9.51. The molecule has 2 rings (SSSR count). The lowest BCUT2D eigenvalue weighted by Gasteiger charge is -2.17. The predicted octanol–water partition coefficient (Wildman–Crippen LogP) is 1.72. The van der Waals surface area contributed by atoms with Crippen LogP contribution in [0.3, 0.4) is 0 Å². The highest BCUT2D eigenvalue weighted by molar-refractivity contribution is 7.90. The number of fused-ring (bicyclic) bond motifs is 1. The second kappa shape index (κ2) is 6.28. The van der Waals surface area contributed by atoms with E-state index < -0.39 is 9.84 Å². The summed E-state index contributed by atoms with van der Waals surface area (Å²) >= 11 is 0. The average molecular weight is 293 g/mol. The normalized spacial score (nSPS) is 13.5. The lowest BCUT2D eigenvalue weighted by molar-refractivity contribution is 0.538. The standard InChI is InChI=1S/C14H19N3O2S/c1-15-12(7-4-10-20(2,18)19)11-5-3-6-13-14(11)17-9-8-16-13/h3,5-6,8-9,12,15H,4,7,10H2,1-2H3. The topological polar surface area (TPSA) is 72.0 Å². The molecule has 2 aromatic rings. The molecular weight excluding hydrogens is 274 g/mol. The summed E-state index contributed by atoms with van der Waals surface area (Å²) in [6.45, 7) is 0. The number of benzene rings is 1. The van der Waals surface area contributed by atoms with Crippen LogP contribution in [0.5, 0.6) is 0 Å². The number of nitrogens with zero attached hydrogens (tertiary/aromatic N) is 2. The zero-order chi connectivity index (χ0) is 14.6. The maximum atomic E-state index is 11.2. The zero-order valence-corrected chi connectivity index (χ0v) is 12.5. The molecule has 0 aliphatic rings. The molecule has 1 aromatic heterocycles. The van der Waals surface area contributed by atoms with Crippen LogP contribution in [-0.4, -0.2) is 37.4 Å². The lowest BCUT2D eigenvalue weighted by Crippen LogP contribution is -2.18. The van der Waals surface area contributed by atoms with Gasteiger partial charge in [-0.15, -0.1) is 0 Å². The summed E-state index contributed by atoms with van der Waals surface area (Å²) in [6.07, 6.45) is 5.99. The molecule has 0 saturated heterocycles. The quantitative estimate of drug-likeness (QED) is 0.878. The Bertz CT molecular complexity index is 680. The second-order valence-electron chi connectivity index (χ2n) is 4.88. The van der Waals surface area contributed by atoms with Crippen LogP contribution in [0.15, 0.2) is 30.6 Å². The van der Waals surface area contributed by atoms with Crippen molar-refractivity contribution >= 4 is 20.9 Å². The molecule has 20 heavy (non-hydrogen) atoms. The maximum absolute atomic E-state index is 11.2. The van der Waals surface area contributed by atoms with Crippen LogP contribution in [0.25, 0.3) is 11.0 Å². The molecule has 5 nitrogen and oxygen atoms in total. The van der Waals surface area contributed by atoms with E-state index in [-0.39, 0.29) is 11.8 Å². The number of rotatable bonds is 6. The van der Waals surface area contributed by atoms with E-state index in [0.29, 0.717) is 6.42 Å². The van der Waals surface area contributed by atoms with Crippen LogP contribution in [0.1, 0.15) is 24.4 Å². The molecule has 0 aliphatic carbocycles. The molecule has 6 heteroatoms. The van der Waals surface area contributed by atoms with Crippen molar-refractivity contribution in [2.24, 2.45) is 0 Å². The van der Waals surface area contributed by atoms with Crippen molar-refractivity contribution in [3.8, 4) is 0 Å². The molecule has 1 unspecified atom stereocenters. The summed E-state index contributed by atoms with van der Waals surface area (Å²) in [5, 5.41) is 3.23. The minimum Gasteiger partial charge on any atom is -0.313 e. The van der Waals surface area contributed by atoms with Gasteiger partial charge in [-0.1, -0.05) is 12.1 Å². The van der Waals surface area contributed by atoms with Gasteiger partial charge < -0.3 is 5.32 Å². The van der Waals surface area contributed by atoms with Crippen molar-refractivity contribution in [3.63, 3.8) is 0 Å². The third-order valence-electron chi connectivity index (χ3n) is 3.26. The summed E-state index contributed by atoms with van der Waals surface area (Å²) in [6, 6.07) is 5.97. The number of para-hydroxylation sites is 1. The Labute approximate surface area is 119 Å². The van der Waals surface area contributed by atoms with Gasteiger partial charge >= 0.3 is 0 Å². The molecule has 1 heterocycles. The molecule has 0 bridgehead atoms. The van der Waals surface area contributed by atoms with Crippen molar-refractivity contribution in [2.75, 3.05) is 19.1 Å². The summed E-state index contributed by atoms with van der Waals surface area (Å²) in [7, 11) is -1.03. The first kappa shape index (κ1) is 14.9. The minimum atomic E-state index is -2.91. The van der Waals surface area contributed by atoms with Gasteiger partial charge in [-0.2, -0.15) is 0 Å². The van der Waals surface area contributed by atoms with Crippen molar-refractivity contribution in [1.29, 1.82) is 0 Å². The van der Waals surface area contributed by atoms with Crippen LogP contribution < -0.4 is 5.32 Å². The summed E-state index contributed by atoms with van der Waals surface area (Å²) in [5.41, 5.74) is 2.79. The van der Waals surface area contributed by atoms with Crippen molar-refractivity contribution in [3.05, 3.63) is 36.2 Å². The molecule has 0 spiro atoms. The number of nitrogens with one attached hydrogen (secondary N) is 1. The zero-order valence-electron chi connectivity index (χ0n) is 11.7. The molecule has 1 N–H and O–H groups in total. The fraction of sp³-hybridized carbons (Fsp3) is 0.429. The van der Waals surface area contributed by atoms with E-state index in [4.69, 9.17) is 0 Å². The number of hydrogen-bond acceptors (Lipinski definition) is 5. The van der Waals surface area contributed by atoms with Gasteiger partial charge in [0.05, 0.1) is 11.0 Å². The highest BCUT2D eigenvalue weighted by Gasteiger charge is 2.14. The first-order valence-corrected chi connectivity index (χ1v) is 8.62. The molecule has 0 fully saturated rings. The smallest absolute Gasteiger partial charge is 0.147 e. The molecule has 1 aromatic carbocycles. The van der Waals surface area contributed by atoms with Crippen LogP contribution in [0, 0.1) is 0 Å². The van der Waals surface area contributed by atoms with E-state index in [9.17, 15) is 8.42 Å². The average Bonchev–Trinajstić information content (AvgIpc) is 2.42. The SMILES string of the molecule is CNC(CCCS(C)(=O)=O)c1cccc2nccnc12. The first-order valence-electron chi connectivity index (χ1n) is 6.56. The van der Waals surface area contributed by atoms with Gasteiger partial charge in [-0.05, 0) is 31.5 Å². The molecule has 0 amide bonds. The van der Waals surface area contributed by atoms with Gasteiger partial charge in [0.25, 0.3) is 0 Å². The molecule has 108 valence electrons. The van der Waals surface area contributed by atoms with E-state index in [1.807, 2.05) is 25.2 Å². The van der Waals surface area contributed by atoms with Crippen LogP contribution in [0.4, 0.5) is 0 Å². The van der Waals surface area contributed by atoms with Crippen LogP contribution in [-0.2, 0) is 9.84 Å². The van der Waals surface area contributed by atoms with Crippen molar-refractivity contribution < 1.29 is 8.42 Å². The van der Waals surface area contributed by atoms with Gasteiger partial charge in [-0.25, -0.2) is 8.42 Å². The van der Waals surface area contributed by atoms with Crippen LogP contribution in [0.2, 0.25) is 0 Å². The largest absolute Gasteiger partial charge is 0.313 e. The Hall–Kier alpha value is -1.53. The van der Waals surface area contributed by atoms with E-state index >= 15 is 0 Å². The molecule has 0 aliphatic heterocycles. The summed E-state index contributed by atoms with van der Waals surface area (Å²) in [4.78, 5) is 8.68. The highest BCUT2D eigenvalue weighted by atomic mass is 32.2. The van der Waals surface area contributed by atoms with Gasteiger partial charge in [0, 0.05) is 30.4 Å².